The average molecular weight is 225 g/mol. The van der Waals surface area contributed by atoms with E-state index < -0.39 is 5.69 Å². The van der Waals surface area contributed by atoms with Crippen LogP contribution in [0.1, 0.15) is 24.3 Å². The van der Waals surface area contributed by atoms with Crippen LogP contribution < -0.4 is 5.69 Å². The molecule has 0 bridgehead atoms. The van der Waals surface area contributed by atoms with Crippen LogP contribution in [0.5, 0.6) is 0 Å². The molecule has 0 aliphatic carbocycles. The van der Waals surface area contributed by atoms with E-state index in [0.717, 1.165) is 0 Å². The number of aliphatic hydroxyl groups is 1. The Bertz CT molecular complexity index is 414. The Labute approximate surface area is 92.9 Å². The Morgan fingerprint density at radius 1 is 1.62 bits per heavy atom. The molecule has 6 heteroatoms. The average Bonchev–Trinajstić information content (AvgIpc) is 2.24. The van der Waals surface area contributed by atoms with Crippen molar-refractivity contribution in [2.45, 2.75) is 19.9 Å². The van der Waals surface area contributed by atoms with Crippen molar-refractivity contribution < 1.29 is 9.90 Å². The zero-order chi connectivity index (χ0) is 12.1. The van der Waals surface area contributed by atoms with Crippen LogP contribution in [0.3, 0.4) is 0 Å². The second-order valence-corrected chi connectivity index (χ2v) is 3.60. The lowest BCUT2D eigenvalue weighted by Crippen LogP contribution is -2.40. The quantitative estimate of drug-likeness (QED) is 0.731. The lowest BCUT2D eigenvalue weighted by atomic mass is 10.2. The SMILES string of the molecule is CC(C)N(CCO)C(=O)c1ccnc(=O)[nH]1. The first-order valence-electron chi connectivity index (χ1n) is 5.03. The molecule has 0 aromatic carbocycles. The van der Waals surface area contributed by atoms with Gasteiger partial charge in [0.2, 0.25) is 0 Å². The van der Waals surface area contributed by atoms with Crippen LogP contribution >= 0.6 is 0 Å². The van der Waals surface area contributed by atoms with Crippen molar-refractivity contribution in [3.63, 3.8) is 0 Å². The highest BCUT2D eigenvalue weighted by Gasteiger charge is 2.18. The number of carbonyl (C=O) groups excluding carboxylic acids is 1. The Morgan fingerprint density at radius 2 is 2.31 bits per heavy atom. The molecular formula is C10H15N3O3. The highest BCUT2D eigenvalue weighted by molar-refractivity contribution is 5.92. The highest BCUT2D eigenvalue weighted by atomic mass is 16.3. The predicted molar refractivity (Wildman–Crippen MR) is 58.1 cm³/mol. The highest BCUT2D eigenvalue weighted by Crippen LogP contribution is 2.04. The van der Waals surface area contributed by atoms with E-state index in [1.807, 2.05) is 13.8 Å². The maximum Gasteiger partial charge on any atom is 0.345 e. The van der Waals surface area contributed by atoms with Crippen molar-refractivity contribution in [1.82, 2.24) is 14.9 Å². The fourth-order valence-corrected chi connectivity index (χ4v) is 1.35. The first-order chi connectivity index (χ1) is 7.56. The molecule has 1 aromatic heterocycles. The minimum atomic E-state index is -0.557. The molecule has 1 heterocycles. The number of nitrogens with one attached hydrogen (secondary N) is 1. The van der Waals surface area contributed by atoms with E-state index in [-0.39, 0.29) is 30.8 Å². The number of amides is 1. The first-order valence-corrected chi connectivity index (χ1v) is 5.03. The summed E-state index contributed by atoms with van der Waals surface area (Å²) >= 11 is 0. The van der Waals surface area contributed by atoms with Crippen LogP contribution in [0.25, 0.3) is 0 Å². The Kier molecular flexibility index (Phi) is 4.19. The van der Waals surface area contributed by atoms with Crippen molar-refractivity contribution in [1.29, 1.82) is 0 Å². The topological polar surface area (TPSA) is 86.3 Å². The molecule has 0 aliphatic heterocycles. The van der Waals surface area contributed by atoms with E-state index in [1.54, 1.807) is 0 Å². The second kappa shape index (κ2) is 5.41. The molecule has 6 nitrogen and oxygen atoms in total. The molecule has 1 amide bonds. The van der Waals surface area contributed by atoms with Crippen LogP contribution in [0.15, 0.2) is 17.1 Å². The molecule has 1 rings (SSSR count). The van der Waals surface area contributed by atoms with Gasteiger partial charge in [-0.3, -0.25) is 4.79 Å². The lowest BCUT2D eigenvalue weighted by molar-refractivity contribution is 0.0659. The van der Waals surface area contributed by atoms with Crippen molar-refractivity contribution >= 4 is 5.91 Å². The van der Waals surface area contributed by atoms with Gasteiger partial charge >= 0.3 is 5.69 Å². The van der Waals surface area contributed by atoms with E-state index >= 15 is 0 Å². The monoisotopic (exact) mass is 225 g/mol. The number of hydrogen-bond donors (Lipinski definition) is 2. The van der Waals surface area contributed by atoms with E-state index in [4.69, 9.17) is 5.11 Å². The van der Waals surface area contributed by atoms with Gasteiger partial charge in [0.25, 0.3) is 5.91 Å². The fraction of sp³-hybridized carbons (Fsp3) is 0.500. The molecule has 0 radical (unpaired) electrons. The third kappa shape index (κ3) is 2.90. The van der Waals surface area contributed by atoms with Crippen LogP contribution in [0.4, 0.5) is 0 Å². The molecule has 0 saturated carbocycles. The Morgan fingerprint density at radius 3 is 2.81 bits per heavy atom. The molecule has 0 atom stereocenters. The number of H-pyrrole nitrogens is 1. The van der Waals surface area contributed by atoms with Crippen molar-refractivity contribution in [3.05, 3.63) is 28.4 Å². The molecular weight excluding hydrogens is 210 g/mol. The standard InChI is InChI=1S/C10H15N3O3/c1-7(2)13(5-6-14)9(15)8-3-4-11-10(16)12-8/h3-4,7,14H,5-6H2,1-2H3,(H,11,12,16). The number of aromatic nitrogens is 2. The number of carbonyl (C=O) groups is 1. The maximum atomic E-state index is 11.9. The third-order valence-corrected chi connectivity index (χ3v) is 2.13. The fourth-order valence-electron chi connectivity index (χ4n) is 1.35. The van der Waals surface area contributed by atoms with Gasteiger partial charge in [-0.05, 0) is 19.9 Å². The van der Waals surface area contributed by atoms with Gasteiger partial charge in [0, 0.05) is 18.8 Å². The van der Waals surface area contributed by atoms with Crippen LogP contribution in [0, 0.1) is 0 Å². The summed E-state index contributed by atoms with van der Waals surface area (Å²) in [5, 5.41) is 8.86. The summed E-state index contributed by atoms with van der Waals surface area (Å²) in [5.41, 5.74) is -0.374. The summed E-state index contributed by atoms with van der Waals surface area (Å²) in [5.74, 6) is -0.316. The normalized spacial score (nSPS) is 10.5. The maximum absolute atomic E-state index is 11.9. The number of aliphatic hydroxyl groups excluding tert-OH is 1. The molecule has 88 valence electrons. The molecule has 0 fully saturated rings. The van der Waals surface area contributed by atoms with Crippen molar-refractivity contribution in [2.75, 3.05) is 13.2 Å². The van der Waals surface area contributed by atoms with Gasteiger partial charge in [0.05, 0.1) is 6.61 Å². The first kappa shape index (κ1) is 12.4. The van der Waals surface area contributed by atoms with Crippen molar-refractivity contribution in [2.24, 2.45) is 0 Å². The van der Waals surface area contributed by atoms with Gasteiger partial charge in [-0.15, -0.1) is 0 Å². The Balaban J connectivity index is 2.94. The van der Waals surface area contributed by atoms with Gasteiger partial charge < -0.3 is 15.0 Å². The zero-order valence-corrected chi connectivity index (χ0v) is 9.30. The lowest BCUT2D eigenvalue weighted by Gasteiger charge is -2.25. The minimum Gasteiger partial charge on any atom is -0.395 e. The van der Waals surface area contributed by atoms with E-state index in [0.29, 0.717) is 0 Å². The summed E-state index contributed by atoms with van der Waals surface area (Å²) in [6.07, 6.45) is 1.28. The molecule has 1 aromatic rings. The molecule has 0 saturated heterocycles. The summed E-state index contributed by atoms with van der Waals surface area (Å²) in [7, 11) is 0. The third-order valence-electron chi connectivity index (χ3n) is 2.13. The summed E-state index contributed by atoms with van der Waals surface area (Å²) in [6.45, 7) is 3.81. The number of rotatable bonds is 4. The van der Waals surface area contributed by atoms with Gasteiger partial charge in [0.15, 0.2) is 0 Å². The minimum absolute atomic E-state index is 0.0451. The molecule has 0 aliphatic rings. The molecule has 16 heavy (non-hydrogen) atoms. The predicted octanol–water partition coefficient (Wildman–Crippen LogP) is -0.387. The van der Waals surface area contributed by atoms with Gasteiger partial charge in [0.1, 0.15) is 5.69 Å². The summed E-state index contributed by atoms with van der Waals surface area (Å²) < 4.78 is 0. The van der Waals surface area contributed by atoms with Crippen LogP contribution in [-0.2, 0) is 0 Å². The number of aromatic amines is 1. The summed E-state index contributed by atoms with van der Waals surface area (Å²) in [4.78, 5) is 30.2. The Hall–Kier alpha value is -1.69. The zero-order valence-electron chi connectivity index (χ0n) is 9.30. The number of hydrogen-bond acceptors (Lipinski definition) is 4. The smallest absolute Gasteiger partial charge is 0.345 e. The summed E-state index contributed by atoms with van der Waals surface area (Å²) in [6, 6.07) is 1.40. The van der Waals surface area contributed by atoms with E-state index in [2.05, 4.69) is 9.97 Å². The number of nitrogens with zero attached hydrogens (tertiary/aromatic N) is 2. The van der Waals surface area contributed by atoms with E-state index in [9.17, 15) is 9.59 Å². The molecule has 0 unspecified atom stereocenters. The van der Waals surface area contributed by atoms with Gasteiger partial charge in [-0.2, -0.15) is 0 Å². The largest absolute Gasteiger partial charge is 0.395 e. The second-order valence-electron chi connectivity index (χ2n) is 3.60. The van der Waals surface area contributed by atoms with Gasteiger partial charge in [-0.1, -0.05) is 0 Å². The molecule has 2 N–H and O–H groups in total. The van der Waals surface area contributed by atoms with Gasteiger partial charge in [-0.25, -0.2) is 9.78 Å². The van der Waals surface area contributed by atoms with Crippen LogP contribution in [-0.4, -0.2) is 45.1 Å². The van der Waals surface area contributed by atoms with Crippen LogP contribution in [0.2, 0.25) is 0 Å². The molecule has 0 spiro atoms. The van der Waals surface area contributed by atoms with E-state index in [1.165, 1.54) is 17.2 Å². The van der Waals surface area contributed by atoms with Crippen molar-refractivity contribution in [3.8, 4) is 0 Å².